The van der Waals surface area contributed by atoms with Crippen LogP contribution < -0.4 is 0 Å². The second-order valence-corrected chi connectivity index (χ2v) is 2.60. The fourth-order valence-electron chi connectivity index (χ4n) is 1.06. The summed E-state index contributed by atoms with van der Waals surface area (Å²) in [6, 6.07) is 10.1. The molecular formula is C10H12O3. The van der Waals surface area contributed by atoms with Gasteiger partial charge in [-0.25, -0.2) is 0 Å². The van der Waals surface area contributed by atoms with Crippen LogP contribution in [0.15, 0.2) is 30.3 Å². The highest BCUT2D eigenvalue weighted by Crippen LogP contribution is 2.01. The molecule has 3 heteroatoms. The van der Waals surface area contributed by atoms with Gasteiger partial charge in [-0.1, -0.05) is 30.3 Å². The Hall–Kier alpha value is -1.35. The lowest BCUT2D eigenvalue weighted by molar-refractivity contribution is -0.259. The van der Waals surface area contributed by atoms with Crippen molar-refractivity contribution in [2.75, 3.05) is 6.61 Å². The van der Waals surface area contributed by atoms with Crippen LogP contribution in [-0.4, -0.2) is 13.1 Å². The molecule has 0 unspecified atom stereocenters. The molecule has 1 rings (SSSR count). The Labute approximate surface area is 77.2 Å². The van der Waals surface area contributed by atoms with Gasteiger partial charge >= 0.3 is 6.47 Å². The van der Waals surface area contributed by atoms with Gasteiger partial charge in [0.1, 0.15) is 0 Å². The molecule has 0 radical (unpaired) electrons. The van der Waals surface area contributed by atoms with Gasteiger partial charge in [-0.05, 0) is 18.4 Å². The second kappa shape index (κ2) is 6.20. The van der Waals surface area contributed by atoms with Gasteiger partial charge in [0.25, 0.3) is 0 Å². The van der Waals surface area contributed by atoms with Crippen molar-refractivity contribution in [1.29, 1.82) is 0 Å². The third kappa shape index (κ3) is 4.28. The van der Waals surface area contributed by atoms with Crippen LogP contribution in [0.25, 0.3) is 0 Å². The smallest absolute Gasteiger partial charge is 0.302 e. The molecule has 70 valence electrons. The van der Waals surface area contributed by atoms with Crippen LogP contribution in [-0.2, 0) is 21.0 Å². The number of aryl methyl sites for hydroxylation is 1. The summed E-state index contributed by atoms with van der Waals surface area (Å²) in [6.07, 6.45) is 1.78. The molecule has 0 bridgehead atoms. The Balaban J connectivity index is 2.10. The minimum absolute atomic E-state index is 0.280. The largest absolute Gasteiger partial charge is 0.330 e. The number of carbonyl (C=O) groups excluding carboxylic acids is 1. The van der Waals surface area contributed by atoms with E-state index in [1.54, 1.807) is 0 Å². The Kier molecular flexibility index (Phi) is 4.64. The van der Waals surface area contributed by atoms with Gasteiger partial charge in [0.2, 0.25) is 0 Å². The minimum atomic E-state index is 0.280. The second-order valence-electron chi connectivity index (χ2n) is 2.60. The lowest BCUT2D eigenvalue weighted by atomic mass is 10.1. The van der Waals surface area contributed by atoms with E-state index in [-0.39, 0.29) is 6.47 Å². The van der Waals surface area contributed by atoms with Crippen LogP contribution in [0.2, 0.25) is 0 Å². The first-order chi connectivity index (χ1) is 6.43. The van der Waals surface area contributed by atoms with E-state index in [1.165, 1.54) is 5.56 Å². The fourth-order valence-corrected chi connectivity index (χ4v) is 1.06. The quantitative estimate of drug-likeness (QED) is 0.289. The summed E-state index contributed by atoms with van der Waals surface area (Å²) >= 11 is 0. The average Bonchev–Trinajstić information content (AvgIpc) is 2.19. The number of hydrogen-bond acceptors (Lipinski definition) is 3. The first kappa shape index (κ1) is 9.74. The molecule has 0 saturated carbocycles. The molecular weight excluding hydrogens is 168 g/mol. The summed E-state index contributed by atoms with van der Waals surface area (Å²) in [5.74, 6) is 0. The molecule has 0 aliphatic heterocycles. The number of rotatable bonds is 6. The van der Waals surface area contributed by atoms with Crippen molar-refractivity contribution in [3.63, 3.8) is 0 Å². The highest BCUT2D eigenvalue weighted by molar-refractivity contribution is 5.35. The van der Waals surface area contributed by atoms with Crippen molar-refractivity contribution in [3.8, 4) is 0 Å². The molecule has 1 aromatic rings. The SMILES string of the molecule is O=COOCCCc1ccccc1. The molecule has 0 amide bonds. The molecule has 0 saturated heterocycles. The van der Waals surface area contributed by atoms with E-state index in [2.05, 4.69) is 21.9 Å². The van der Waals surface area contributed by atoms with Gasteiger partial charge in [-0.15, -0.1) is 0 Å². The molecule has 0 N–H and O–H groups in total. The number of carbonyl (C=O) groups is 1. The summed E-state index contributed by atoms with van der Waals surface area (Å²) in [4.78, 5) is 18.3. The normalized spacial score (nSPS) is 9.54. The highest BCUT2D eigenvalue weighted by Gasteiger charge is 1.92. The maximum atomic E-state index is 9.69. The van der Waals surface area contributed by atoms with E-state index in [9.17, 15) is 4.79 Å². The predicted molar refractivity (Wildman–Crippen MR) is 47.9 cm³/mol. The van der Waals surface area contributed by atoms with E-state index >= 15 is 0 Å². The topological polar surface area (TPSA) is 35.5 Å². The first-order valence-electron chi connectivity index (χ1n) is 4.19. The zero-order chi connectivity index (χ0) is 9.36. The molecule has 0 heterocycles. The monoisotopic (exact) mass is 180 g/mol. The molecule has 0 atom stereocenters. The molecule has 0 aliphatic carbocycles. The minimum Gasteiger partial charge on any atom is -0.302 e. The fraction of sp³-hybridized carbons (Fsp3) is 0.300. The van der Waals surface area contributed by atoms with Gasteiger partial charge in [-0.2, -0.15) is 4.89 Å². The van der Waals surface area contributed by atoms with Crippen molar-refractivity contribution in [2.24, 2.45) is 0 Å². The summed E-state index contributed by atoms with van der Waals surface area (Å²) < 4.78 is 0. The van der Waals surface area contributed by atoms with Crippen LogP contribution in [0, 0.1) is 0 Å². The summed E-state index contributed by atoms with van der Waals surface area (Å²) in [5, 5.41) is 0. The van der Waals surface area contributed by atoms with Crippen LogP contribution in [0.5, 0.6) is 0 Å². The van der Waals surface area contributed by atoms with E-state index in [4.69, 9.17) is 0 Å². The molecule has 13 heavy (non-hydrogen) atoms. The number of benzene rings is 1. The van der Waals surface area contributed by atoms with E-state index in [1.807, 2.05) is 18.2 Å². The maximum absolute atomic E-state index is 9.69. The molecule has 1 aromatic carbocycles. The van der Waals surface area contributed by atoms with Crippen molar-refractivity contribution >= 4 is 6.47 Å². The summed E-state index contributed by atoms with van der Waals surface area (Å²) in [5.41, 5.74) is 1.26. The zero-order valence-electron chi connectivity index (χ0n) is 7.31. The van der Waals surface area contributed by atoms with Gasteiger partial charge in [-0.3, -0.25) is 4.79 Å². The van der Waals surface area contributed by atoms with E-state index in [0.717, 1.165) is 12.8 Å². The Morgan fingerprint density at radius 1 is 1.23 bits per heavy atom. The van der Waals surface area contributed by atoms with Crippen molar-refractivity contribution in [3.05, 3.63) is 35.9 Å². The molecule has 3 nitrogen and oxygen atoms in total. The van der Waals surface area contributed by atoms with Crippen LogP contribution in [0.4, 0.5) is 0 Å². The van der Waals surface area contributed by atoms with Crippen molar-refractivity contribution in [2.45, 2.75) is 12.8 Å². The summed E-state index contributed by atoms with van der Waals surface area (Å²) in [7, 11) is 0. The first-order valence-corrected chi connectivity index (χ1v) is 4.19. The lowest BCUT2D eigenvalue weighted by Crippen LogP contribution is -1.96. The van der Waals surface area contributed by atoms with Crippen molar-refractivity contribution in [1.82, 2.24) is 0 Å². The maximum Gasteiger partial charge on any atom is 0.330 e. The Morgan fingerprint density at radius 2 is 2.00 bits per heavy atom. The van der Waals surface area contributed by atoms with Crippen LogP contribution in [0.1, 0.15) is 12.0 Å². The van der Waals surface area contributed by atoms with Gasteiger partial charge in [0.15, 0.2) is 0 Å². The standard InChI is InChI=1S/C10H12O3/c11-9-13-12-8-4-7-10-5-2-1-3-6-10/h1-3,5-6,9H,4,7-8H2. The third-order valence-electron chi connectivity index (χ3n) is 1.64. The zero-order valence-corrected chi connectivity index (χ0v) is 7.31. The number of hydrogen-bond donors (Lipinski definition) is 0. The third-order valence-corrected chi connectivity index (χ3v) is 1.64. The summed E-state index contributed by atoms with van der Waals surface area (Å²) in [6.45, 7) is 0.718. The van der Waals surface area contributed by atoms with E-state index in [0.29, 0.717) is 6.61 Å². The predicted octanol–water partition coefficient (Wildman–Crippen LogP) is 1.72. The average molecular weight is 180 g/mol. The van der Waals surface area contributed by atoms with Crippen molar-refractivity contribution < 1.29 is 14.6 Å². The Morgan fingerprint density at radius 3 is 2.69 bits per heavy atom. The van der Waals surface area contributed by atoms with Crippen LogP contribution in [0.3, 0.4) is 0 Å². The van der Waals surface area contributed by atoms with Gasteiger partial charge in [0, 0.05) is 0 Å². The van der Waals surface area contributed by atoms with Gasteiger partial charge in [0.05, 0.1) is 6.61 Å². The molecule has 0 aromatic heterocycles. The Bertz CT molecular complexity index is 233. The lowest BCUT2D eigenvalue weighted by Gasteiger charge is -1.99. The molecule has 0 spiro atoms. The van der Waals surface area contributed by atoms with Crippen LogP contribution >= 0.6 is 0 Å². The molecule has 0 fully saturated rings. The van der Waals surface area contributed by atoms with E-state index < -0.39 is 0 Å². The molecule has 0 aliphatic rings. The van der Waals surface area contributed by atoms with Gasteiger partial charge < -0.3 is 4.89 Å². The highest BCUT2D eigenvalue weighted by atomic mass is 17.2.